The van der Waals surface area contributed by atoms with Crippen LogP contribution in [-0.4, -0.2) is 28.3 Å². The Morgan fingerprint density at radius 2 is 2.12 bits per heavy atom. The number of halogens is 2. The molecule has 1 aromatic carbocycles. The molecule has 0 bridgehead atoms. The molecule has 5 N–H and O–H groups in total. The fourth-order valence-electron chi connectivity index (χ4n) is 2.20. The molecule has 1 heterocycles. The minimum Gasteiger partial charge on any atom is -0.365 e. The van der Waals surface area contributed by atoms with E-state index in [-0.39, 0.29) is 17.3 Å². The molecule has 1 amide bonds. The lowest BCUT2D eigenvalue weighted by atomic mass is 10.2. The highest BCUT2D eigenvalue weighted by Gasteiger charge is 2.20. The second-order valence-electron chi connectivity index (χ2n) is 5.67. The van der Waals surface area contributed by atoms with Crippen LogP contribution >= 0.6 is 0 Å². The highest BCUT2D eigenvalue weighted by molar-refractivity contribution is 5.98. The number of carbonyl (C=O) groups excluding carboxylic acids is 1. The number of nitrogens with one attached hydrogen (secondary N) is 1. The SMILES string of the molecule is Cc1cccc(Nc2nc(N(N)C(C)CC(F)F)ncc2C(N)=O)c1. The number of aromatic nitrogens is 2. The third-order valence-corrected chi connectivity index (χ3v) is 3.55. The smallest absolute Gasteiger partial charge is 0.254 e. The number of carbonyl (C=O) groups is 1. The summed E-state index contributed by atoms with van der Waals surface area (Å²) in [6, 6.07) is 6.71. The molecule has 0 spiro atoms. The van der Waals surface area contributed by atoms with E-state index in [9.17, 15) is 13.6 Å². The van der Waals surface area contributed by atoms with Gasteiger partial charge in [0.2, 0.25) is 12.4 Å². The molecule has 2 aromatic rings. The van der Waals surface area contributed by atoms with Crippen LogP contribution in [0.1, 0.15) is 29.3 Å². The molecule has 9 heteroatoms. The van der Waals surface area contributed by atoms with Crippen molar-refractivity contribution in [2.24, 2.45) is 11.6 Å². The number of hydrazine groups is 1. The highest BCUT2D eigenvalue weighted by Crippen LogP contribution is 2.22. The molecule has 1 unspecified atom stereocenters. The first kappa shape index (κ1) is 18.5. The zero-order valence-electron chi connectivity index (χ0n) is 13.9. The van der Waals surface area contributed by atoms with Crippen LogP contribution in [-0.2, 0) is 0 Å². The zero-order valence-corrected chi connectivity index (χ0v) is 13.9. The van der Waals surface area contributed by atoms with Crippen molar-refractivity contribution in [2.45, 2.75) is 32.7 Å². The van der Waals surface area contributed by atoms with E-state index in [1.54, 1.807) is 6.07 Å². The lowest BCUT2D eigenvalue weighted by Crippen LogP contribution is -2.41. The van der Waals surface area contributed by atoms with Gasteiger partial charge in [0.15, 0.2) is 0 Å². The summed E-state index contributed by atoms with van der Waals surface area (Å²) in [4.78, 5) is 19.7. The Kier molecular flexibility index (Phi) is 5.81. The Morgan fingerprint density at radius 3 is 2.72 bits per heavy atom. The maximum Gasteiger partial charge on any atom is 0.254 e. The number of amides is 1. The molecule has 134 valence electrons. The van der Waals surface area contributed by atoms with Crippen molar-refractivity contribution in [2.75, 3.05) is 10.3 Å². The van der Waals surface area contributed by atoms with Crippen LogP contribution in [0.5, 0.6) is 0 Å². The van der Waals surface area contributed by atoms with Crippen molar-refractivity contribution in [1.29, 1.82) is 0 Å². The van der Waals surface area contributed by atoms with Gasteiger partial charge < -0.3 is 11.1 Å². The molecule has 7 nitrogen and oxygen atoms in total. The van der Waals surface area contributed by atoms with E-state index in [1.807, 2.05) is 25.1 Å². The Balaban J connectivity index is 2.34. The maximum atomic E-state index is 12.5. The van der Waals surface area contributed by atoms with Crippen molar-refractivity contribution < 1.29 is 13.6 Å². The predicted octanol–water partition coefficient (Wildman–Crippen LogP) is 2.35. The van der Waals surface area contributed by atoms with E-state index in [0.29, 0.717) is 5.69 Å². The van der Waals surface area contributed by atoms with E-state index in [2.05, 4.69) is 15.3 Å². The van der Waals surface area contributed by atoms with E-state index in [0.717, 1.165) is 10.6 Å². The summed E-state index contributed by atoms with van der Waals surface area (Å²) in [7, 11) is 0. The third kappa shape index (κ3) is 4.83. The minimum absolute atomic E-state index is 0.00769. The van der Waals surface area contributed by atoms with Gasteiger partial charge in [0.1, 0.15) is 11.4 Å². The van der Waals surface area contributed by atoms with Gasteiger partial charge in [-0.1, -0.05) is 12.1 Å². The topological polar surface area (TPSA) is 110 Å². The minimum atomic E-state index is -2.50. The molecule has 0 saturated carbocycles. The first-order chi connectivity index (χ1) is 11.8. The van der Waals surface area contributed by atoms with Crippen LogP contribution in [0.2, 0.25) is 0 Å². The maximum absolute atomic E-state index is 12.5. The average Bonchev–Trinajstić information content (AvgIpc) is 2.53. The molecule has 1 aromatic heterocycles. The molecule has 0 aliphatic rings. The quantitative estimate of drug-likeness (QED) is 0.522. The molecule has 25 heavy (non-hydrogen) atoms. The molecule has 0 radical (unpaired) electrons. The van der Waals surface area contributed by atoms with Crippen molar-refractivity contribution in [1.82, 2.24) is 9.97 Å². The van der Waals surface area contributed by atoms with Gasteiger partial charge in [-0.05, 0) is 31.5 Å². The van der Waals surface area contributed by atoms with Gasteiger partial charge in [0, 0.05) is 18.3 Å². The number of anilines is 3. The average molecular weight is 350 g/mol. The summed E-state index contributed by atoms with van der Waals surface area (Å²) in [5, 5.41) is 4.03. The molecular formula is C16H20F2N6O. The Labute approximate surface area is 144 Å². The normalized spacial score (nSPS) is 12.1. The number of hydrogen-bond donors (Lipinski definition) is 3. The Hall–Kier alpha value is -2.81. The van der Waals surface area contributed by atoms with Gasteiger partial charge in [-0.25, -0.2) is 19.6 Å². The fraction of sp³-hybridized carbons (Fsp3) is 0.312. The van der Waals surface area contributed by atoms with E-state index in [4.69, 9.17) is 11.6 Å². The number of nitrogens with two attached hydrogens (primary N) is 2. The third-order valence-electron chi connectivity index (χ3n) is 3.55. The fourth-order valence-corrected chi connectivity index (χ4v) is 2.20. The summed E-state index contributed by atoms with van der Waals surface area (Å²) in [5.41, 5.74) is 7.11. The summed E-state index contributed by atoms with van der Waals surface area (Å²) in [6.07, 6.45) is -1.72. The standard InChI is InChI=1S/C16H20F2N6O/c1-9-4-3-5-11(6-9)22-15-12(14(19)25)8-21-16(23-15)24(20)10(2)7-13(17)18/h3-6,8,10,13H,7,20H2,1-2H3,(H2,19,25)(H,21,22,23). The first-order valence-electron chi connectivity index (χ1n) is 7.60. The number of hydrogen-bond acceptors (Lipinski definition) is 6. The van der Waals surface area contributed by atoms with Gasteiger partial charge >= 0.3 is 0 Å². The van der Waals surface area contributed by atoms with E-state index in [1.165, 1.54) is 13.1 Å². The van der Waals surface area contributed by atoms with Gasteiger partial charge in [-0.2, -0.15) is 4.98 Å². The van der Waals surface area contributed by atoms with Crippen LogP contribution in [0.15, 0.2) is 30.5 Å². The lowest BCUT2D eigenvalue weighted by molar-refractivity contribution is 0.100. The zero-order chi connectivity index (χ0) is 18.6. The van der Waals surface area contributed by atoms with Crippen molar-refractivity contribution >= 4 is 23.4 Å². The van der Waals surface area contributed by atoms with Crippen molar-refractivity contribution in [3.8, 4) is 0 Å². The van der Waals surface area contributed by atoms with E-state index >= 15 is 0 Å². The molecule has 2 rings (SSSR count). The number of aryl methyl sites for hydroxylation is 1. The molecule has 1 atom stereocenters. The van der Waals surface area contributed by atoms with Crippen LogP contribution < -0.4 is 21.9 Å². The second kappa shape index (κ2) is 7.84. The highest BCUT2D eigenvalue weighted by atomic mass is 19.3. The summed E-state index contributed by atoms with van der Waals surface area (Å²) < 4.78 is 25.1. The Morgan fingerprint density at radius 1 is 1.40 bits per heavy atom. The number of nitrogens with zero attached hydrogens (tertiary/aromatic N) is 3. The van der Waals surface area contributed by atoms with Gasteiger partial charge in [-0.3, -0.25) is 9.80 Å². The predicted molar refractivity (Wildman–Crippen MR) is 91.8 cm³/mol. The lowest BCUT2D eigenvalue weighted by Gasteiger charge is -2.24. The second-order valence-corrected chi connectivity index (χ2v) is 5.67. The van der Waals surface area contributed by atoms with Gasteiger partial charge in [-0.15, -0.1) is 0 Å². The van der Waals surface area contributed by atoms with Crippen LogP contribution in [0.4, 0.5) is 26.2 Å². The number of primary amides is 1. The molecule has 0 aliphatic heterocycles. The van der Waals surface area contributed by atoms with Gasteiger partial charge in [0.05, 0.1) is 6.04 Å². The monoisotopic (exact) mass is 350 g/mol. The number of alkyl halides is 2. The van der Waals surface area contributed by atoms with E-state index < -0.39 is 24.8 Å². The molecule has 0 aliphatic carbocycles. The molecule has 0 fully saturated rings. The summed E-state index contributed by atoms with van der Waals surface area (Å²) in [5.74, 6) is 5.28. The number of benzene rings is 1. The largest absolute Gasteiger partial charge is 0.365 e. The summed E-state index contributed by atoms with van der Waals surface area (Å²) >= 11 is 0. The van der Waals surface area contributed by atoms with Crippen LogP contribution in [0, 0.1) is 6.92 Å². The summed E-state index contributed by atoms with van der Waals surface area (Å²) in [6.45, 7) is 3.45. The molecule has 0 saturated heterocycles. The molecular weight excluding hydrogens is 330 g/mol. The Bertz CT molecular complexity index is 755. The van der Waals surface area contributed by atoms with Crippen molar-refractivity contribution in [3.05, 3.63) is 41.6 Å². The first-order valence-corrected chi connectivity index (χ1v) is 7.60. The van der Waals surface area contributed by atoms with Crippen molar-refractivity contribution in [3.63, 3.8) is 0 Å². The van der Waals surface area contributed by atoms with Crippen LogP contribution in [0.25, 0.3) is 0 Å². The van der Waals surface area contributed by atoms with Gasteiger partial charge in [0.25, 0.3) is 5.91 Å². The van der Waals surface area contributed by atoms with Crippen LogP contribution in [0.3, 0.4) is 0 Å². The number of rotatable bonds is 7.